The van der Waals surface area contributed by atoms with Crippen molar-refractivity contribution < 1.29 is 22.7 Å². The number of nitrogens with zero attached hydrogens (tertiary/aromatic N) is 3. The van der Waals surface area contributed by atoms with Gasteiger partial charge in [-0.2, -0.15) is 8.78 Å². The molecule has 6 nitrogen and oxygen atoms in total. The number of rotatable bonds is 7. The van der Waals surface area contributed by atoms with Gasteiger partial charge >= 0.3 is 6.61 Å². The van der Waals surface area contributed by atoms with E-state index < -0.39 is 17.7 Å². The topological polar surface area (TPSA) is 69.0 Å². The molecule has 0 spiro atoms. The number of halogens is 3. The van der Waals surface area contributed by atoms with E-state index in [2.05, 4.69) is 20.3 Å². The molecule has 0 aliphatic rings. The summed E-state index contributed by atoms with van der Waals surface area (Å²) in [6, 6.07) is 11.8. The Morgan fingerprint density at radius 1 is 1.14 bits per heavy atom. The van der Waals surface area contributed by atoms with E-state index in [0.29, 0.717) is 22.2 Å². The van der Waals surface area contributed by atoms with Gasteiger partial charge in [-0.15, -0.1) is 10.2 Å². The third kappa shape index (κ3) is 5.08. The van der Waals surface area contributed by atoms with Gasteiger partial charge in [0.05, 0.1) is 10.8 Å². The van der Waals surface area contributed by atoms with E-state index in [0.717, 1.165) is 11.8 Å². The molecule has 0 fully saturated rings. The average Bonchev–Trinajstić information content (AvgIpc) is 3.03. The zero-order valence-corrected chi connectivity index (χ0v) is 16.3. The summed E-state index contributed by atoms with van der Waals surface area (Å²) < 4.78 is 44.2. The van der Waals surface area contributed by atoms with Crippen LogP contribution in [0.2, 0.25) is 0 Å². The predicted octanol–water partition coefficient (Wildman–Crippen LogP) is 4.34. The Bertz CT molecular complexity index is 995. The molecule has 1 heterocycles. The summed E-state index contributed by atoms with van der Waals surface area (Å²) in [5.41, 5.74) is 0.756. The Balaban J connectivity index is 1.65. The number of aromatic nitrogens is 3. The first-order valence-electron chi connectivity index (χ1n) is 8.52. The fraction of sp³-hybridized carbons (Fsp3) is 0.211. The van der Waals surface area contributed by atoms with Crippen molar-refractivity contribution in [2.45, 2.75) is 23.9 Å². The fourth-order valence-electron chi connectivity index (χ4n) is 2.47. The van der Waals surface area contributed by atoms with Gasteiger partial charge in [-0.1, -0.05) is 23.9 Å². The first kappa shape index (κ1) is 20.7. The summed E-state index contributed by atoms with van der Waals surface area (Å²) in [7, 11) is 1.69. The number of carbonyl (C=O) groups excluding carboxylic acids is 1. The monoisotopic (exact) mass is 422 g/mol. The molecular formula is C19H17F3N4O2S. The van der Waals surface area contributed by atoms with Crippen molar-refractivity contribution >= 4 is 23.4 Å². The molecule has 3 rings (SSSR count). The van der Waals surface area contributed by atoms with E-state index in [1.54, 1.807) is 36.7 Å². The molecule has 0 aliphatic heterocycles. The fourth-order valence-corrected chi connectivity index (χ4v) is 3.28. The lowest BCUT2D eigenvalue weighted by atomic mass is 10.2. The van der Waals surface area contributed by atoms with E-state index in [-0.39, 0.29) is 11.7 Å². The van der Waals surface area contributed by atoms with Crippen molar-refractivity contribution in [1.29, 1.82) is 0 Å². The molecule has 0 saturated heterocycles. The van der Waals surface area contributed by atoms with Crippen molar-refractivity contribution in [3.8, 4) is 17.1 Å². The minimum atomic E-state index is -2.91. The summed E-state index contributed by atoms with van der Waals surface area (Å²) in [6.45, 7) is -1.22. The molecular weight excluding hydrogens is 405 g/mol. The molecule has 0 radical (unpaired) electrons. The number of alkyl halides is 2. The first-order valence-corrected chi connectivity index (χ1v) is 9.40. The second-order valence-electron chi connectivity index (χ2n) is 6.00. The number of thioether (sulfide) groups is 1. The molecule has 1 N–H and O–H groups in total. The van der Waals surface area contributed by atoms with Crippen LogP contribution in [0, 0.1) is 5.82 Å². The lowest BCUT2D eigenvalue weighted by Crippen LogP contribution is -2.22. The van der Waals surface area contributed by atoms with Crippen LogP contribution in [0.25, 0.3) is 11.4 Å². The summed E-state index contributed by atoms with van der Waals surface area (Å²) in [6.07, 6.45) is 0. The SMILES string of the molecule is CC(Sc1nnc(-c2ccccc2F)n1C)C(=O)Nc1ccc(OC(F)F)cc1. The highest BCUT2D eigenvalue weighted by Gasteiger charge is 2.20. The van der Waals surface area contributed by atoms with Gasteiger partial charge in [0.25, 0.3) is 0 Å². The zero-order chi connectivity index (χ0) is 21.0. The number of hydrogen-bond donors (Lipinski definition) is 1. The van der Waals surface area contributed by atoms with Crippen LogP contribution in [-0.2, 0) is 11.8 Å². The molecule has 1 atom stereocenters. The van der Waals surface area contributed by atoms with Crippen LogP contribution in [0.5, 0.6) is 5.75 Å². The predicted molar refractivity (Wildman–Crippen MR) is 103 cm³/mol. The molecule has 29 heavy (non-hydrogen) atoms. The van der Waals surface area contributed by atoms with E-state index in [1.165, 1.54) is 30.3 Å². The molecule has 1 unspecified atom stereocenters. The third-order valence-corrected chi connectivity index (χ3v) is 5.08. The Kier molecular flexibility index (Phi) is 6.42. The second-order valence-corrected chi connectivity index (χ2v) is 7.31. The molecule has 10 heteroatoms. The summed E-state index contributed by atoms with van der Waals surface area (Å²) in [4.78, 5) is 12.4. The highest BCUT2D eigenvalue weighted by atomic mass is 32.2. The second kappa shape index (κ2) is 8.99. The molecule has 0 saturated carbocycles. The van der Waals surface area contributed by atoms with Crippen molar-refractivity contribution in [3.63, 3.8) is 0 Å². The highest BCUT2D eigenvalue weighted by molar-refractivity contribution is 8.00. The van der Waals surface area contributed by atoms with Gasteiger partial charge in [0.15, 0.2) is 11.0 Å². The zero-order valence-electron chi connectivity index (χ0n) is 15.5. The van der Waals surface area contributed by atoms with Crippen LogP contribution in [0.1, 0.15) is 6.92 Å². The van der Waals surface area contributed by atoms with Gasteiger partial charge in [0.2, 0.25) is 5.91 Å². The van der Waals surface area contributed by atoms with Crippen LogP contribution in [0.4, 0.5) is 18.9 Å². The third-order valence-electron chi connectivity index (χ3n) is 3.95. The number of anilines is 1. The number of hydrogen-bond acceptors (Lipinski definition) is 5. The standard InChI is InChI=1S/C19H17F3N4O2S/c1-11(17(27)23-12-7-9-13(10-8-12)28-18(21)22)29-19-25-24-16(26(19)2)14-5-3-4-6-15(14)20/h3-11,18H,1-2H3,(H,23,27). The van der Waals surface area contributed by atoms with E-state index in [9.17, 15) is 18.0 Å². The number of benzene rings is 2. The van der Waals surface area contributed by atoms with Crippen LogP contribution in [-0.4, -0.2) is 32.5 Å². The maximum atomic E-state index is 14.0. The smallest absolute Gasteiger partial charge is 0.387 e. The van der Waals surface area contributed by atoms with Gasteiger partial charge < -0.3 is 14.6 Å². The van der Waals surface area contributed by atoms with E-state index in [4.69, 9.17) is 0 Å². The van der Waals surface area contributed by atoms with Crippen molar-refractivity contribution in [1.82, 2.24) is 14.8 Å². The Morgan fingerprint density at radius 2 is 1.83 bits per heavy atom. The van der Waals surface area contributed by atoms with E-state index in [1.807, 2.05) is 0 Å². The van der Waals surface area contributed by atoms with Crippen molar-refractivity contribution in [2.75, 3.05) is 5.32 Å². The molecule has 1 amide bonds. The van der Waals surface area contributed by atoms with Crippen LogP contribution >= 0.6 is 11.8 Å². The van der Waals surface area contributed by atoms with E-state index >= 15 is 0 Å². The molecule has 3 aromatic rings. The van der Waals surface area contributed by atoms with Crippen molar-refractivity contribution in [3.05, 3.63) is 54.3 Å². The maximum absolute atomic E-state index is 14.0. The number of amides is 1. The molecule has 0 aliphatic carbocycles. The maximum Gasteiger partial charge on any atom is 0.387 e. The summed E-state index contributed by atoms with van der Waals surface area (Å²) in [5, 5.41) is 10.7. The van der Waals surface area contributed by atoms with Crippen LogP contribution < -0.4 is 10.1 Å². The van der Waals surface area contributed by atoms with Gasteiger partial charge in [0.1, 0.15) is 11.6 Å². The lowest BCUT2D eigenvalue weighted by Gasteiger charge is -2.12. The van der Waals surface area contributed by atoms with Gasteiger partial charge in [-0.05, 0) is 43.3 Å². The Hall–Kier alpha value is -3.01. The summed E-state index contributed by atoms with van der Waals surface area (Å²) in [5.74, 6) is -0.370. The van der Waals surface area contributed by atoms with Gasteiger partial charge in [-0.25, -0.2) is 4.39 Å². The summed E-state index contributed by atoms with van der Waals surface area (Å²) >= 11 is 1.16. The van der Waals surface area contributed by atoms with Crippen molar-refractivity contribution in [2.24, 2.45) is 7.05 Å². The van der Waals surface area contributed by atoms with Crippen LogP contribution in [0.3, 0.4) is 0 Å². The Labute approximate surface area is 169 Å². The largest absolute Gasteiger partial charge is 0.435 e. The number of nitrogens with one attached hydrogen (secondary N) is 1. The quantitative estimate of drug-likeness (QED) is 0.574. The number of ether oxygens (including phenoxy) is 1. The number of carbonyl (C=O) groups is 1. The minimum Gasteiger partial charge on any atom is -0.435 e. The lowest BCUT2D eigenvalue weighted by molar-refractivity contribution is -0.115. The normalized spacial score (nSPS) is 12.1. The van der Waals surface area contributed by atoms with Gasteiger partial charge in [-0.3, -0.25) is 4.79 Å². The van der Waals surface area contributed by atoms with Gasteiger partial charge in [0, 0.05) is 12.7 Å². The van der Waals surface area contributed by atoms with Crippen LogP contribution in [0.15, 0.2) is 53.7 Å². The molecule has 152 valence electrons. The highest BCUT2D eigenvalue weighted by Crippen LogP contribution is 2.27. The molecule has 2 aromatic carbocycles. The molecule has 1 aromatic heterocycles. The average molecular weight is 422 g/mol. The Morgan fingerprint density at radius 3 is 2.48 bits per heavy atom. The molecule has 0 bridgehead atoms. The minimum absolute atomic E-state index is 0.000167. The first-order chi connectivity index (χ1) is 13.8.